The maximum absolute atomic E-state index is 12.9. The van der Waals surface area contributed by atoms with E-state index in [0.717, 1.165) is 4.90 Å². The molecule has 1 atom stereocenters. The van der Waals surface area contributed by atoms with E-state index >= 15 is 0 Å². The highest BCUT2D eigenvalue weighted by Gasteiger charge is 2.48. The quantitative estimate of drug-likeness (QED) is 0.332. The highest BCUT2D eigenvalue weighted by Crippen LogP contribution is 2.30. The van der Waals surface area contributed by atoms with Gasteiger partial charge < -0.3 is 10.1 Å². The van der Waals surface area contributed by atoms with Crippen LogP contribution in [0.4, 0.5) is 10.5 Å². The number of nitrogens with zero attached hydrogens (tertiary/aromatic N) is 2. The maximum Gasteiger partial charge on any atom is 0.325 e. The number of nitro groups is 1. The van der Waals surface area contributed by atoms with Gasteiger partial charge in [0.1, 0.15) is 17.9 Å². The predicted molar refractivity (Wildman–Crippen MR) is 103 cm³/mol. The average molecular weight is 397 g/mol. The minimum Gasteiger partial charge on any atom is -0.491 e. The second kappa shape index (κ2) is 7.70. The van der Waals surface area contributed by atoms with Crippen LogP contribution < -0.4 is 10.1 Å². The van der Waals surface area contributed by atoms with Crippen LogP contribution in [0.25, 0.3) is 0 Å². The number of amides is 3. The lowest BCUT2D eigenvalue weighted by molar-refractivity contribution is -0.384. The molecule has 0 aromatic heterocycles. The third-order valence-corrected chi connectivity index (χ3v) is 4.77. The van der Waals surface area contributed by atoms with Crippen molar-refractivity contribution in [3.05, 3.63) is 69.8 Å². The van der Waals surface area contributed by atoms with E-state index < -0.39 is 22.4 Å². The van der Waals surface area contributed by atoms with Gasteiger partial charge in [-0.3, -0.25) is 24.6 Å². The second-order valence-corrected chi connectivity index (χ2v) is 6.72. The minimum atomic E-state index is -1.33. The fraction of sp³-hybridized carbons (Fsp3) is 0.250. The number of ketones is 1. The van der Waals surface area contributed by atoms with Crippen molar-refractivity contribution < 1.29 is 24.0 Å². The van der Waals surface area contributed by atoms with Gasteiger partial charge >= 0.3 is 6.03 Å². The van der Waals surface area contributed by atoms with E-state index in [1.165, 1.54) is 31.2 Å². The van der Waals surface area contributed by atoms with E-state index in [0.29, 0.717) is 16.9 Å². The molecule has 3 amide bonds. The topological polar surface area (TPSA) is 119 Å². The minimum absolute atomic E-state index is 0.0137. The second-order valence-electron chi connectivity index (χ2n) is 6.72. The summed E-state index contributed by atoms with van der Waals surface area (Å²) in [5, 5.41) is 13.4. The molecule has 150 valence electrons. The zero-order valence-electron chi connectivity index (χ0n) is 15.9. The van der Waals surface area contributed by atoms with Crippen molar-refractivity contribution >= 4 is 23.4 Å². The Labute approximate surface area is 166 Å². The molecule has 0 aliphatic carbocycles. The predicted octanol–water partition coefficient (Wildman–Crippen LogP) is 2.64. The summed E-state index contributed by atoms with van der Waals surface area (Å²) in [5.41, 5.74) is -0.584. The summed E-state index contributed by atoms with van der Waals surface area (Å²) in [7, 11) is 0. The fourth-order valence-electron chi connectivity index (χ4n) is 3.14. The van der Waals surface area contributed by atoms with E-state index in [4.69, 9.17) is 4.74 Å². The zero-order chi connectivity index (χ0) is 21.2. The number of carbonyl (C=O) groups is 3. The molecule has 2 aromatic carbocycles. The Hall–Kier alpha value is -3.75. The Balaban J connectivity index is 1.71. The van der Waals surface area contributed by atoms with Gasteiger partial charge in [-0.2, -0.15) is 0 Å². The number of urea groups is 1. The molecular weight excluding hydrogens is 378 g/mol. The molecule has 9 heteroatoms. The summed E-state index contributed by atoms with van der Waals surface area (Å²) in [5.74, 6) is -0.258. The molecule has 3 rings (SSSR count). The third kappa shape index (κ3) is 3.79. The maximum atomic E-state index is 12.9. The van der Waals surface area contributed by atoms with Gasteiger partial charge in [0, 0.05) is 12.1 Å². The Bertz CT molecular complexity index is 988. The summed E-state index contributed by atoms with van der Waals surface area (Å²) in [6.45, 7) is 2.97. The number of para-hydroxylation sites is 1. The molecule has 29 heavy (non-hydrogen) atoms. The number of ether oxygens (including phenoxy) is 1. The Morgan fingerprint density at radius 3 is 2.45 bits per heavy atom. The normalized spacial score (nSPS) is 18.5. The number of non-ortho nitro benzene ring substituents is 1. The number of Topliss-reactive ketones (excluding diaryl/α,β-unsaturated/α-hetero) is 1. The van der Waals surface area contributed by atoms with Crippen LogP contribution in [0.3, 0.4) is 0 Å². The van der Waals surface area contributed by atoms with Crippen molar-refractivity contribution in [2.24, 2.45) is 0 Å². The van der Waals surface area contributed by atoms with Crippen molar-refractivity contribution in [3.8, 4) is 5.75 Å². The van der Waals surface area contributed by atoms with Crippen LogP contribution in [-0.4, -0.2) is 40.7 Å². The molecule has 0 radical (unpaired) electrons. The largest absolute Gasteiger partial charge is 0.491 e. The summed E-state index contributed by atoms with van der Waals surface area (Å²) >= 11 is 0. The van der Waals surface area contributed by atoms with E-state index in [-0.39, 0.29) is 24.6 Å². The van der Waals surface area contributed by atoms with Crippen molar-refractivity contribution in [1.82, 2.24) is 10.2 Å². The molecule has 0 spiro atoms. The standard InChI is InChI=1S/C20H19N3O6/c1-13(24)16-5-3-4-6-17(16)29-12-11-22-18(25)20(2,21-19(22)26)14-7-9-15(10-8-14)23(27)28/h3-10H,11-12H2,1-2H3,(H,21,26)/t20-/m1/s1. The number of hydrogen-bond donors (Lipinski definition) is 1. The van der Waals surface area contributed by atoms with E-state index in [1.807, 2.05) is 0 Å². The fourth-order valence-corrected chi connectivity index (χ4v) is 3.14. The SMILES string of the molecule is CC(=O)c1ccccc1OCCN1C(=O)N[C@](C)(c2ccc([N+](=O)[O-])cc2)C1=O. The lowest BCUT2D eigenvalue weighted by Crippen LogP contribution is -2.41. The molecule has 1 aliphatic heterocycles. The molecule has 0 bridgehead atoms. The van der Waals surface area contributed by atoms with Crippen LogP contribution >= 0.6 is 0 Å². The summed E-state index contributed by atoms with van der Waals surface area (Å²) < 4.78 is 5.60. The van der Waals surface area contributed by atoms with Crippen LogP contribution in [0.15, 0.2) is 48.5 Å². The van der Waals surface area contributed by atoms with Gasteiger partial charge in [0.2, 0.25) is 0 Å². The van der Waals surface area contributed by atoms with Crippen LogP contribution in [0.5, 0.6) is 5.75 Å². The van der Waals surface area contributed by atoms with Gasteiger partial charge in [-0.25, -0.2) is 4.79 Å². The lowest BCUT2D eigenvalue weighted by Gasteiger charge is -2.22. The van der Waals surface area contributed by atoms with Gasteiger partial charge in [-0.05, 0) is 43.7 Å². The molecule has 0 saturated carbocycles. The first kappa shape index (κ1) is 20.0. The van der Waals surface area contributed by atoms with Crippen molar-refractivity contribution in [3.63, 3.8) is 0 Å². The summed E-state index contributed by atoms with van der Waals surface area (Å²) in [6, 6.07) is 11.6. The lowest BCUT2D eigenvalue weighted by atomic mass is 9.92. The van der Waals surface area contributed by atoms with E-state index in [2.05, 4.69) is 5.32 Å². The number of benzene rings is 2. The van der Waals surface area contributed by atoms with Gasteiger partial charge in [0.05, 0.1) is 17.0 Å². The van der Waals surface area contributed by atoms with Crippen LogP contribution in [0.1, 0.15) is 29.8 Å². The highest BCUT2D eigenvalue weighted by atomic mass is 16.6. The summed E-state index contributed by atoms with van der Waals surface area (Å²) in [6.07, 6.45) is 0. The van der Waals surface area contributed by atoms with Gasteiger partial charge in [0.15, 0.2) is 5.78 Å². The van der Waals surface area contributed by atoms with Crippen LogP contribution in [0, 0.1) is 10.1 Å². The third-order valence-electron chi connectivity index (χ3n) is 4.77. The summed E-state index contributed by atoms with van der Waals surface area (Å²) in [4.78, 5) is 48.2. The molecule has 1 aliphatic rings. The number of hydrogen-bond acceptors (Lipinski definition) is 6. The Kier molecular flexibility index (Phi) is 5.31. The first-order valence-electron chi connectivity index (χ1n) is 8.86. The van der Waals surface area contributed by atoms with E-state index in [9.17, 15) is 24.5 Å². The number of nitrogens with one attached hydrogen (secondary N) is 1. The highest BCUT2D eigenvalue weighted by molar-refractivity contribution is 6.07. The molecule has 1 saturated heterocycles. The number of imide groups is 1. The van der Waals surface area contributed by atoms with Gasteiger partial charge in [0.25, 0.3) is 11.6 Å². The molecule has 1 N–H and O–H groups in total. The first-order valence-corrected chi connectivity index (χ1v) is 8.86. The van der Waals surface area contributed by atoms with Gasteiger partial charge in [-0.1, -0.05) is 12.1 Å². The molecule has 9 nitrogen and oxygen atoms in total. The zero-order valence-corrected chi connectivity index (χ0v) is 15.9. The van der Waals surface area contributed by atoms with Gasteiger partial charge in [-0.15, -0.1) is 0 Å². The Morgan fingerprint density at radius 1 is 1.17 bits per heavy atom. The molecular formula is C20H19N3O6. The number of rotatable bonds is 7. The van der Waals surface area contributed by atoms with Crippen molar-refractivity contribution in [1.29, 1.82) is 0 Å². The smallest absolute Gasteiger partial charge is 0.325 e. The van der Waals surface area contributed by atoms with Crippen molar-refractivity contribution in [2.45, 2.75) is 19.4 Å². The van der Waals surface area contributed by atoms with Crippen LogP contribution in [-0.2, 0) is 10.3 Å². The van der Waals surface area contributed by atoms with Crippen molar-refractivity contribution in [2.75, 3.05) is 13.2 Å². The number of nitro benzene ring substituents is 1. The average Bonchev–Trinajstić information content (AvgIpc) is 2.92. The first-order chi connectivity index (χ1) is 13.7. The van der Waals surface area contributed by atoms with E-state index in [1.54, 1.807) is 31.2 Å². The molecule has 0 unspecified atom stereocenters. The molecule has 2 aromatic rings. The Morgan fingerprint density at radius 2 is 1.83 bits per heavy atom. The monoisotopic (exact) mass is 397 g/mol. The molecule has 1 heterocycles. The molecule has 1 fully saturated rings. The van der Waals surface area contributed by atoms with Crippen LogP contribution in [0.2, 0.25) is 0 Å². The number of carbonyl (C=O) groups excluding carboxylic acids is 3.